The number of hydrogen-bond donors (Lipinski definition) is 0. The summed E-state index contributed by atoms with van der Waals surface area (Å²) in [5, 5.41) is 1.16. The fourth-order valence-electron chi connectivity index (χ4n) is 1.27. The molecule has 4 heteroatoms. The van der Waals surface area contributed by atoms with E-state index in [2.05, 4.69) is 4.98 Å². The average molecular weight is 230 g/mol. The van der Waals surface area contributed by atoms with Crippen LogP contribution in [0, 0.1) is 12.7 Å². The lowest BCUT2D eigenvalue weighted by atomic mass is 10.1. The maximum Gasteiger partial charge on any atom is 0.132 e. The van der Waals surface area contributed by atoms with Crippen molar-refractivity contribution in [3.63, 3.8) is 0 Å². The Labute approximate surface area is 90.5 Å². The van der Waals surface area contributed by atoms with Gasteiger partial charge < -0.3 is 0 Å². The zero-order chi connectivity index (χ0) is 10.3. The molecule has 1 heterocycles. The maximum atomic E-state index is 13.3. The molecule has 0 fully saturated rings. The van der Waals surface area contributed by atoms with Gasteiger partial charge in [0.25, 0.3) is 0 Å². The van der Waals surface area contributed by atoms with E-state index in [1.807, 2.05) is 0 Å². The number of halogens is 3. The Kier molecular flexibility index (Phi) is 2.33. The molecular formula is C10H6Cl2FN. The first-order chi connectivity index (χ1) is 6.59. The second-order valence-corrected chi connectivity index (χ2v) is 3.79. The molecule has 72 valence electrons. The second-order valence-electron chi connectivity index (χ2n) is 3.02. The van der Waals surface area contributed by atoms with Gasteiger partial charge in [0.2, 0.25) is 0 Å². The maximum absolute atomic E-state index is 13.3. The van der Waals surface area contributed by atoms with Gasteiger partial charge >= 0.3 is 0 Å². The SMILES string of the molecule is Cc1cc2c(F)ccc(Cl)c2nc1Cl. The van der Waals surface area contributed by atoms with Crippen LogP contribution in [-0.2, 0) is 0 Å². The van der Waals surface area contributed by atoms with E-state index in [0.29, 0.717) is 21.1 Å². The molecule has 0 unspecified atom stereocenters. The Morgan fingerprint density at radius 3 is 2.71 bits per heavy atom. The van der Waals surface area contributed by atoms with Crippen LogP contribution in [0.4, 0.5) is 4.39 Å². The molecule has 14 heavy (non-hydrogen) atoms. The molecule has 2 aromatic rings. The van der Waals surface area contributed by atoms with Crippen molar-refractivity contribution >= 4 is 34.1 Å². The van der Waals surface area contributed by atoms with Crippen LogP contribution in [0.1, 0.15) is 5.56 Å². The van der Waals surface area contributed by atoms with Crippen LogP contribution in [-0.4, -0.2) is 4.98 Å². The molecule has 2 rings (SSSR count). The predicted molar refractivity (Wildman–Crippen MR) is 56.5 cm³/mol. The van der Waals surface area contributed by atoms with Gasteiger partial charge in [-0.2, -0.15) is 0 Å². The summed E-state index contributed by atoms with van der Waals surface area (Å²) in [5.74, 6) is -0.336. The number of rotatable bonds is 0. The minimum atomic E-state index is -0.336. The van der Waals surface area contributed by atoms with Crippen molar-refractivity contribution in [3.8, 4) is 0 Å². The third kappa shape index (κ3) is 1.45. The lowest BCUT2D eigenvalue weighted by Gasteiger charge is -2.03. The number of benzene rings is 1. The summed E-state index contributed by atoms with van der Waals surface area (Å²) in [6.45, 7) is 1.77. The highest BCUT2D eigenvalue weighted by atomic mass is 35.5. The standard InChI is InChI=1S/C10H6Cl2FN/c1-5-4-6-8(13)3-2-7(11)9(6)14-10(5)12/h2-4H,1H3. The molecule has 0 N–H and O–H groups in total. The van der Waals surface area contributed by atoms with E-state index in [1.54, 1.807) is 13.0 Å². The van der Waals surface area contributed by atoms with Crippen molar-refractivity contribution in [3.05, 3.63) is 39.8 Å². The van der Waals surface area contributed by atoms with Crippen LogP contribution in [0.25, 0.3) is 10.9 Å². The summed E-state index contributed by atoms with van der Waals surface area (Å²) < 4.78 is 13.3. The molecule has 0 aliphatic rings. The first-order valence-corrected chi connectivity index (χ1v) is 4.76. The molecule has 1 aromatic carbocycles. The Morgan fingerprint density at radius 1 is 1.29 bits per heavy atom. The third-order valence-electron chi connectivity index (χ3n) is 2.01. The van der Waals surface area contributed by atoms with Gasteiger partial charge in [-0.3, -0.25) is 0 Å². The minimum absolute atomic E-state index is 0.336. The van der Waals surface area contributed by atoms with Crippen LogP contribution in [0.3, 0.4) is 0 Å². The van der Waals surface area contributed by atoms with Gasteiger partial charge in [0.05, 0.1) is 10.5 Å². The molecular weight excluding hydrogens is 224 g/mol. The Bertz CT molecular complexity index is 464. The van der Waals surface area contributed by atoms with Gasteiger partial charge in [0.1, 0.15) is 11.0 Å². The second kappa shape index (κ2) is 3.37. The molecule has 1 aromatic heterocycles. The van der Waals surface area contributed by atoms with E-state index in [9.17, 15) is 4.39 Å². The van der Waals surface area contributed by atoms with E-state index in [1.165, 1.54) is 12.1 Å². The van der Waals surface area contributed by atoms with Crippen molar-refractivity contribution in [2.24, 2.45) is 0 Å². The van der Waals surface area contributed by atoms with Crippen LogP contribution >= 0.6 is 23.2 Å². The van der Waals surface area contributed by atoms with Gasteiger partial charge in [0, 0.05) is 5.39 Å². The van der Waals surface area contributed by atoms with Crippen molar-refractivity contribution in [1.82, 2.24) is 4.98 Å². The molecule has 1 nitrogen and oxygen atoms in total. The third-order valence-corrected chi connectivity index (χ3v) is 2.70. The van der Waals surface area contributed by atoms with Crippen LogP contribution in [0.5, 0.6) is 0 Å². The number of aryl methyl sites for hydroxylation is 1. The monoisotopic (exact) mass is 229 g/mol. The molecule has 0 atom stereocenters. The van der Waals surface area contributed by atoms with Crippen molar-refractivity contribution in [1.29, 1.82) is 0 Å². The zero-order valence-corrected chi connectivity index (χ0v) is 8.83. The number of nitrogens with zero attached hydrogens (tertiary/aromatic N) is 1. The first kappa shape index (κ1) is 9.69. The van der Waals surface area contributed by atoms with E-state index >= 15 is 0 Å². The zero-order valence-electron chi connectivity index (χ0n) is 7.31. The molecule has 0 saturated carbocycles. The molecule has 0 bridgehead atoms. The van der Waals surface area contributed by atoms with Gasteiger partial charge in [-0.05, 0) is 30.7 Å². The Morgan fingerprint density at radius 2 is 2.00 bits per heavy atom. The number of aromatic nitrogens is 1. The van der Waals surface area contributed by atoms with Crippen molar-refractivity contribution < 1.29 is 4.39 Å². The summed E-state index contributed by atoms with van der Waals surface area (Å²) in [5.41, 5.74) is 1.14. The fraction of sp³-hybridized carbons (Fsp3) is 0.100. The van der Waals surface area contributed by atoms with E-state index in [-0.39, 0.29) is 5.82 Å². The van der Waals surface area contributed by atoms with Gasteiger partial charge in [-0.1, -0.05) is 23.2 Å². The van der Waals surface area contributed by atoms with E-state index in [0.717, 1.165) is 5.56 Å². The minimum Gasteiger partial charge on any atom is -0.234 e. The van der Waals surface area contributed by atoms with Crippen molar-refractivity contribution in [2.75, 3.05) is 0 Å². The van der Waals surface area contributed by atoms with Gasteiger partial charge in [0.15, 0.2) is 0 Å². The van der Waals surface area contributed by atoms with E-state index in [4.69, 9.17) is 23.2 Å². The summed E-state index contributed by atoms with van der Waals surface area (Å²) in [4.78, 5) is 4.03. The Balaban J connectivity index is 2.94. The van der Waals surface area contributed by atoms with E-state index < -0.39 is 0 Å². The number of hydrogen-bond acceptors (Lipinski definition) is 1. The summed E-state index contributed by atoms with van der Waals surface area (Å²) in [7, 11) is 0. The topological polar surface area (TPSA) is 12.9 Å². The van der Waals surface area contributed by atoms with Crippen LogP contribution in [0.2, 0.25) is 10.2 Å². The molecule has 0 spiro atoms. The normalized spacial score (nSPS) is 10.9. The smallest absolute Gasteiger partial charge is 0.132 e. The lowest BCUT2D eigenvalue weighted by molar-refractivity contribution is 0.639. The van der Waals surface area contributed by atoms with Crippen LogP contribution < -0.4 is 0 Å². The average Bonchev–Trinajstić information content (AvgIpc) is 2.15. The molecule has 0 radical (unpaired) electrons. The molecule has 0 aliphatic carbocycles. The molecule has 0 amide bonds. The number of fused-ring (bicyclic) bond motifs is 1. The quantitative estimate of drug-likeness (QED) is 0.623. The summed E-state index contributed by atoms with van der Waals surface area (Å²) >= 11 is 11.7. The molecule has 0 aliphatic heterocycles. The first-order valence-electron chi connectivity index (χ1n) is 4.00. The van der Waals surface area contributed by atoms with Crippen LogP contribution in [0.15, 0.2) is 18.2 Å². The van der Waals surface area contributed by atoms with Gasteiger partial charge in [-0.25, -0.2) is 9.37 Å². The highest BCUT2D eigenvalue weighted by Crippen LogP contribution is 2.27. The lowest BCUT2D eigenvalue weighted by Crippen LogP contribution is -1.88. The molecule has 0 saturated heterocycles. The summed E-state index contributed by atoms with van der Waals surface area (Å²) in [6, 6.07) is 4.43. The fourth-order valence-corrected chi connectivity index (χ4v) is 1.62. The summed E-state index contributed by atoms with van der Waals surface area (Å²) in [6.07, 6.45) is 0. The number of pyridine rings is 1. The van der Waals surface area contributed by atoms with Crippen molar-refractivity contribution in [2.45, 2.75) is 6.92 Å². The van der Waals surface area contributed by atoms with Gasteiger partial charge in [-0.15, -0.1) is 0 Å². The highest BCUT2D eigenvalue weighted by molar-refractivity contribution is 6.35. The Hall–Kier alpha value is -0.860. The highest BCUT2D eigenvalue weighted by Gasteiger charge is 2.08. The predicted octanol–water partition coefficient (Wildman–Crippen LogP) is 3.99. The largest absolute Gasteiger partial charge is 0.234 e.